The Bertz CT molecular complexity index is 683. The van der Waals surface area contributed by atoms with Crippen LogP contribution >= 0.6 is 0 Å². The average molecular weight is 297 g/mol. The Kier molecular flexibility index (Phi) is 4.99. The second-order valence-corrected chi connectivity index (χ2v) is 6.13. The van der Waals surface area contributed by atoms with Crippen LogP contribution in [0.15, 0.2) is 54.6 Å². The highest BCUT2D eigenvalue weighted by Gasteiger charge is 2.22. The molecule has 0 saturated carbocycles. The average Bonchev–Trinajstić information content (AvgIpc) is 2.50. The van der Waals surface area contributed by atoms with Gasteiger partial charge in [-0.3, -0.25) is 4.79 Å². The lowest BCUT2D eigenvalue weighted by molar-refractivity contribution is -0.144. The molecule has 0 aliphatic heterocycles. The van der Waals surface area contributed by atoms with E-state index in [0.717, 1.165) is 0 Å². The second-order valence-electron chi connectivity index (χ2n) is 6.13. The van der Waals surface area contributed by atoms with Crippen LogP contribution in [0.1, 0.15) is 32.4 Å². The van der Waals surface area contributed by atoms with E-state index in [1.807, 2.05) is 18.2 Å². The number of benzene rings is 2. The molecule has 2 aromatic rings. The first-order valence-electron chi connectivity index (χ1n) is 7.54. The second kappa shape index (κ2) is 6.75. The predicted octanol–water partition coefficient (Wildman–Crippen LogP) is 4.16. The zero-order valence-electron chi connectivity index (χ0n) is 13.3. The smallest absolute Gasteiger partial charge is 0.312 e. The zero-order chi connectivity index (χ0) is 16.2. The molecule has 1 atom stereocenters. The van der Waals surface area contributed by atoms with Crippen molar-refractivity contribution >= 4 is 16.7 Å². The van der Waals surface area contributed by atoms with Gasteiger partial charge in [-0.25, -0.2) is 0 Å². The number of aliphatic carboxylic acids is 1. The van der Waals surface area contributed by atoms with Crippen LogP contribution in [0.2, 0.25) is 0 Å². The summed E-state index contributed by atoms with van der Waals surface area (Å²) < 4.78 is 0. The third kappa shape index (κ3) is 3.74. The van der Waals surface area contributed by atoms with Crippen LogP contribution in [0, 0.1) is 5.41 Å². The van der Waals surface area contributed by atoms with Crippen LogP contribution in [-0.2, 0) is 4.79 Å². The van der Waals surface area contributed by atoms with Gasteiger partial charge in [0.05, 0.1) is 5.41 Å². The minimum Gasteiger partial charge on any atom is -0.481 e. The third-order valence-corrected chi connectivity index (χ3v) is 3.92. The van der Waals surface area contributed by atoms with Crippen molar-refractivity contribution in [3.63, 3.8) is 0 Å². The fraction of sp³-hybridized carbons (Fsp3) is 0.316. The van der Waals surface area contributed by atoms with Gasteiger partial charge in [0.15, 0.2) is 0 Å². The molecule has 0 saturated heterocycles. The molecule has 0 fully saturated rings. The zero-order valence-corrected chi connectivity index (χ0v) is 13.3. The summed E-state index contributed by atoms with van der Waals surface area (Å²) in [6.45, 7) is 6.15. The third-order valence-electron chi connectivity index (χ3n) is 3.92. The summed E-state index contributed by atoms with van der Waals surface area (Å²) in [5.41, 5.74) is 0.425. The molecule has 3 heteroatoms. The van der Waals surface area contributed by atoms with E-state index in [1.54, 1.807) is 19.9 Å². The summed E-state index contributed by atoms with van der Waals surface area (Å²) >= 11 is 0. The molecule has 0 spiro atoms. The van der Waals surface area contributed by atoms with Crippen molar-refractivity contribution < 1.29 is 9.90 Å². The molecule has 0 radical (unpaired) electrons. The molecule has 0 bridgehead atoms. The number of hydrogen-bond acceptors (Lipinski definition) is 2. The molecule has 0 heterocycles. The number of carboxylic acid groups (broad SMARTS) is 1. The Labute approximate surface area is 131 Å². The lowest BCUT2D eigenvalue weighted by Crippen LogP contribution is -2.22. The number of rotatable bonds is 6. The first-order chi connectivity index (χ1) is 10.4. The van der Waals surface area contributed by atoms with Crippen molar-refractivity contribution in [3.8, 4) is 0 Å². The van der Waals surface area contributed by atoms with Gasteiger partial charge in [-0.1, -0.05) is 54.6 Å². The van der Waals surface area contributed by atoms with E-state index in [0.29, 0.717) is 6.54 Å². The van der Waals surface area contributed by atoms with Gasteiger partial charge in [-0.2, -0.15) is 0 Å². The van der Waals surface area contributed by atoms with Crippen LogP contribution < -0.4 is 5.32 Å². The van der Waals surface area contributed by atoms with Gasteiger partial charge in [0, 0.05) is 12.6 Å². The Morgan fingerprint density at radius 3 is 2.64 bits per heavy atom. The molecule has 3 nitrogen and oxygen atoms in total. The van der Waals surface area contributed by atoms with E-state index in [4.69, 9.17) is 5.11 Å². The van der Waals surface area contributed by atoms with Gasteiger partial charge in [0.2, 0.25) is 0 Å². The standard InChI is InChI=1S/C19H23NO2/c1-14(20-13-7-12-19(2,3)18(21)22)16-11-6-9-15-8-4-5-10-17(15)16/h4-12,14,20H,13H2,1-3H3,(H,21,22)/b12-7-/t14-/m1/s1. The Balaban J connectivity index is 2.05. The van der Waals surface area contributed by atoms with Crippen molar-refractivity contribution in [2.45, 2.75) is 26.8 Å². The number of carbonyl (C=O) groups is 1. The number of carboxylic acids is 1. The Morgan fingerprint density at radius 1 is 1.23 bits per heavy atom. The van der Waals surface area contributed by atoms with Crippen LogP contribution in [0.5, 0.6) is 0 Å². The lowest BCUT2D eigenvalue weighted by Gasteiger charge is -2.17. The maximum absolute atomic E-state index is 11.0. The highest BCUT2D eigenvalue weighted by atomic mass is 16.4. The quantitative estimate of drug-likeness (QED) is 0.787. The summed E-state index contributed by atoms with van der Waals surface area (Å²) in [5.74, 6) is -0.814. The van der Waals surface area contributed by atoms with Crippen LogP contribution in [-0.4, -0.2) is 17.6 Å². The van der Waals surface area contributed by atoms with Gasteiger partial charge in [-0.15, -0.1) is 0 Å². The summed E-state index contributed by atoms with van der Waals surface area (Å²) in [6.07, 6.45) is 3.62. The van der Waals surface area contributed by atoms with Gasteiger partial charge < -0.3 is 10.4 Å². The maximum Gasteiger partial charge on any atom is 0.312 e. The highest BCUT2D eigenvalue weighted by Crippen LogP contribution is 2.24. The van der Waals surface area contributed by atoms with Crippen LogP contribution in [0.25, 0.3) is 10.8 Å². The van der Waals surface area contributed by atoms with Crippen molar-refractivity contribution in [3.05, 3.63) is 60.2 Å². The molecule has 0 unspecified atom stereocenters. The van der Waals surface area contributed by atoms with Gasteiger partial charge in [0.1, 0.15) is 0 Å². The molecule has 2 aromatic carbocycles. The van der Waals surface area contributed by atoms with E-state index in [1.165, 1.54) is 16.3 Å². The molecular weight excluding hydrogens is 274 g/mol. The van der Waals surface area contributed by atoms with Crippen molar-refractivity contribution in [1.29, 1.82) is 0 Å². The first-order valence-corrected chi connectivity index (χ1v) is 7.54. The topological polar surface area (TPSA) is 49.3 Å². The maximum atomic E-state index is 11.0. The molecule has 0 aliphatic carbocycles. The molecule has 2 N–H and O–H groups in total. The Morgan fingerprint density at radius 2 is 1.91 bits per heavy atom. The number of fused-ring (bicyclic) bond motifs is 1. The molecule has 0 amide bonds. The molecule has 2 rings (SSSR count). The first kappa shape index (κ1) is 16.2. The predicted molar refractivity (Wildman–Crippen MR) is 90.9 cm³/mol. The van der Waals surface area contributed by atoms with E-state index >= 15 is 0 Å². The van der Waals surface area contributed by atoms with Gasteiger partial charge in [-0.05, 0) is 37.1 Å². The van der Waals surface area contributed by atoms with E-state index in [-0.39, 0.29) is 6.04 Å². The normalized spacial score (nSPS) is 13.6. The van der Waals surface area contributed by atoms with Crippen molar-refractivity contribution in [2.75, 3.05) is 6.54 Å². The fourth-order valence-electron chi connectivity index (χ4n) is 2.41. The van der Waals surface area contributed by atoms with Crippen LogP contribution in [0.3, 0.4) is 0 Å². The van der Waals surface area contributed by atoms with Crippen molar-refractivity contribution in [1.82, 2.24) is 5.32 Å². The van der Waals surface area contributed by atoms with E-state index < -0.39 is 11.4 Å². The molecule has 0 aromatic heterocycles. The lowest BCUT2D eigenvalue weighted by atomic mass is 9.93. The summed E-state index contributed by atoms with van der Waals surface area (Å²) in [4.78, 5) is 11.0. The largest absolute Gasteiger partial charge is 0.481 e. The Hall–Kier alpha value is -2.13. The summed E-state index contributed by atoms with van der Waals surface area (Å²) in [6, 6.07) is 14.8. The van der Waals surface area contributed by atoms with Gasteiger partial charge in [0.25, 0.3) is 0 Å². The minimum atomic E-state index is -0.829. The molecule has 22 heavy (non-hydrogen) atoms. The number of hydrogen-bond donors (Lipinski definition) is 2. The summed E-state index contributed by atoms with van der Waals surface area (Å²) in [5, 5.41) is 15.0. The molecular formula is C19H23NO2. The van der Waals surface area contributed by atoms with Crippen molar-refractivity contribution in [2.24, 2.45) is 5.41 Å². The molecule has 116 valence electrons. The highest BCUT2D eigenvalue weighted by molar-refractivity contribution is 5.86. The van der Waals surface area contributed by atoms with Gasteiger partial charge >= 0.3 is 5.97 Å². The van der Waals surface area contributed by atoms with Crippen LogP contribution in [0.4, 0.5) is 0 Å². The van der Waals surface area contributed by atoms with E-state index in [9.17, 15) is 4.79 Å². The monoisotopic (exact) mass is 297 g/mol. The number of nitrogens with one attached hydrogen (secondary N) is 1. The fourth-order valence-corrected chi connectivity index (χ4v) is 2.41. The summed E-state index contributed by atoms with van der Waals surface area (Å²) in [7, 11) is 0. The minimum absolute atomic E-state index is 0.198. The SMILES string of the molecule is C[C@@H](NC/C=C\C(C)(C)C(=O)O)c1cccc2ccccc12. The van der Waals surface area contributed by atoms with E-state index in [2.05, 4.69) is 42.6 Å². The molecule has 0 aliphatic rings.